The molecule has 0 aliphatic rings. The van der Waals surface area contributed by atoms with E-state index >= 15 is 0 Å². The molecule has 0 aromatic heterocycles. The highest BCUT2D eigenvalue weighted by Gasteiger charge is 1.67. The number of hydrogen-bond acceptors (Lipinski definition) is 5. The molecule has 58 valence electrons. The summed E-state index contributed by atoms with van der Waals surface area (Å²) in [5, 5.41) is 7.75. The van der Waals surface area contributed by atoms with Crippen molar-refractivity contribution in [2.75, 3.05) is 13.2 Å². The van der Waals surface area contributed by atoms with Gasteiger partial charge in [0.2, 0.25) is 0 Å². The Labute approximate surface area is 57.1 Å². The average molecular weight is 175 g/mol. The van der Waals surface area contributed by atoms with Crippen LogP contribution in [0.25, 0.3) is 0 Å². The Hall–Kier alpha value is 0.660. The Kier molecular flexibility index (Phi) is 21.8. The molecule has 0 rings (SSSR count). The van der Waals surface area contributed by atoms with E-state index < -0.39 is 18.1 Å². The number of nitrogens with two attached hydrogens (primary N) is 1. The molecule has 5 nitrogen and oxygen atoms in total. The van der Waals surface area contributed by atoms with Crippen molar-refractivity contribution in [2.24, 2.45) is 5.73 Å². The van der Waals surface area contributed by atoms with Gasteiger partial charge in [0.15, 0.2) is 18.1 Å². The fourth-order valence-corrected chi connectivity index (χ4v) is 0.184. The minimum absolute atomic E-state index is 0.0972. The molecule has 0 aliphatic heterocycles. The summed E-state index contributed by atoms with van der Waals surface area (Å²) in [7, 11) is -1.16. The molecule has 9 heavy (non-hydrogen) atoms. The molecule has 5 N–H and O–H groups in total. The van der Waals surface area contributed by atoms with Crippen molar-refractivity contribution in [1.82, 2.24) is 0 Å². The summed E-state index contributed by atoms with van der Waals surface area (Å²) in [6, 6.07) is 0. The summed E-state index contributed by atoms with van der Waals surface area (Å²) in [4.78, 5) is 15.4. The van der Waals surface area contributed by atoms with Crippen LogP contribution in [0.4, 0.5) is 0 Å². The second kappa shape index (κ2) is 15.9. The van der Waals surface area contributed by atoms with Crippen LogP contribution in [0, 0.1) is 0 Å². The highest BCUT2D eigenvalue weighted by Crippen LogP contribution is 2.17. The molecule has 0 aromatic carbocycles. The van der Waals surface area contributed by atoms with E-state index in [1.54, 1.807) is 0 Å². The van der Waals surface area contributed by atoms with E-state index in [0.717, 1.165) is 0 Å². The standard InChI is InChI=1S/C2H7NO.H4O3P2/c3-1-2-4;1-4-3-5-2/h4H,1-3H2;1-2,4-5H. The Morgan fingerprint density at radius 2 is 1.67 bits per heavy atom. The molecule has 2 unspecified atom stereocenters. The van der Waals surface area contributed by atoms with Gasteiger partial charge in [-0.3, -0.25) is 4.31 Å². The number of aliphatic hydroxyl groups is 1. The predicted octanol–water partition coefficient (Wildman–Crippen LogP) is -1.06. The molecule has 0 saturated heterocycles. The van der Waals surface area contributed by atoms with Gasteiger partial charge in [-0.05, 0) is 0 Å². The van der Waals surface area contributed by atoms with Crippen LogP contribution in [0.5, 0.6) is 0 Å². The fraction of sp³-hybridized carbons (Fsp3) is 1.00. The number of hydrogen-bond donors (Lipinski definition) is 4. The van der Waals surface area contributed by atoms with Gasteiger partial charge in [0.05, 0.1) is 6.61 Å². The van der Waals surface area contributed by atoms with Gasteiger partial charge < -0.3 is 20.6 Å². The molecule has 0 amide bonds. The molecule has 0 aromatic rings. The van der Waals surface area contributed by atoms with Crippen LogP contribution in [0.2, 0.25) is 0 Å². The summed E-state index contributed by atoms with van der Waals surface area (Å²) >= 11 is 0. The zero-order valence-corrected chi connectivity index (χ0v) is 6.74. The van der Waals surface area contributed by atoms with Gasteiger partial charge in [0, 0.05) is 6.54 Å². The smallest absolute Gasteiger partial charge is 0.158 e. The second-order valence-electron chi connectivity index (χ2n) is 0.797. The topological polar surface area (TPSA) is 95.9 Å². The summed E-state index contributed by atoms with van der Waals surface area (Å²) < 4.78 is 4.00. The first kappa shape index (κ1) is 12.3. The van der Waals surface area contributed by atoms with Gasteiger partial charge in [-0.15, -0.1) is 0 Å². The van der Waals surface area contributed by atoms with E-state index in [1.165, 1.54) is 0 Å². The van der Waals surface area contributed by atoms with Gasteiger partial charge in [-0.25, -0.2) is 0 Å². The maximum Gasteiger partial charge on any atom is 0.158 e. The molecule has 7 heteroatoms. The third kappa shape index (κ3) is 28.7. The third-order valence-electron chi connectivity index (χ3n) is 0.220. The number of aliphatic hydroxyl groups excluding tert-OH is 1. The number of rotatable bonds is 3. The normalized spacial score (nSPS) is 10.7. The largest absolute Gasteiger partial charge is 0.395 e. The maximum atomic E-state index is 7.75. The first-order valence-electron chi connectivity index (χ1n) is 2.08. The van der Waals surface area contributed by atoms with Gasteiger partial charge >= 0.3 is 0 Å². The summed E-state index contributed by atoms with van der Waals surface area (Å²) in [5.74, 6) is 0. The molecule has 0 heterocycles. The SMILES string of the molecule is NCCO.OPOPO. The summed E-state index contributed by atoms with van der Waals surface area (Å²) in [6.45, 7) is 0.472. The quantitative estimate of drug-likeness (QED) is 0.410. The summed E-state index contributed by atoms with van der Waals surface area (Å²) in [6.07, 6.45) is 0. The first-order chi connectivity index (χ1) is 4.33. The highest BCUT2D eigenvalue weighted by atomic mass is 31.2. The van der Waals surface area contributed by atoms with Crippen LogP contribution >= 0.6 is 18.1 Å². The average Bonchev–Trinajstić information content (AvgIpc) is 1.91. The van der Waals surface area contributed by atoms with E-state index in [-0.39, 0.29) is 6.61 Å². The maximum absolute atomic E-state index is 7.75. The van der Waals surface area contributed by atoms with Crippen molar-refractivity contribution in [2.45, 2.75) is 0 Å². The van der Waals surface area contributed by atoms with Crippen molar-refractivity contribution in [3.05, 3.63) is 0 Å². The van der Waals surface area contributed by atoms with Gasteiger partial charge in [-0.1, -0.05) is 0 Å². The van der Waals surface area contributed by atoms with Gasteiger partial charge in [0.25, 0.3) is 0 Å². The minimum atomic E-state index is -0.580. The molecular formula is C2H11NO4P2. The molecule has 0 spiro atoms. The second-order valence-corrected chi connectivity index (χ2v) is 1.98. The molecule has 0 bridgehead atoms. The molecule has 0 radical (unpaired) electrons. The Morgan fingerprint density at radius 3 is 1.67 bits per heavy atom. The Balaban J connectivity index is 0. The fourth-order valence-electron chi connectivity index (χ4n) is 0.0204. The van der Waals surface area contributed by atoms with E-state index in [0.29, 0.717) is 6.54 Å². The van der Waals surface area contributed by atoms with Crippen LogP contribution in [-0.4, -0.2) is 28.0 Å². The lowest BCUT2D eigenvalue weighted by Gasteiger charge is -1.82. The molecule has 0 saturated carbocycles. The van der Waals surface area contributed by atoms with E-state index in [9.17, 15) is 0 Å². The van der Waals surface area contributed by atoms with E-state index in [2.05, 4.69) is 4.31 Å². The van der Waals surface area contributed by atoms with Crippen LogP contribution in [0.3, 0.4) is 0 Å². The first-order valence-corrected chi connectivity index (χ1v) is 3.79. The third-order valence-corrected chi connectivity index (χ3v) is 0.951. The van der Waals surface area contributed by atoms with Crippen LogP contribution < -0.4 is 5.73 Å². The van der Waals surface area contributed by atoms with Crippen LogP contribution in [-0.2, 0) is 4.31 Å². The lowest BCUT2D eigenvalue weighted by Crippen LogP contribution is -2.02. The molecule has 0 aliphatic carbocycles. The Morgan fingerprint density at radius 1 is 1.33 bits per heavy atom. The highest BCUT2D eigenvalue weighted by molar-refractivity contribution is 7.39. The summed E-state index contributed by atoms with van der Waals surface area (Å²) in [5.41, 5.74) is 4.78. The van der Waals surface area contributed by atoms with Crippen LogP contribution in [0.1, 0.15) is 0 Å². The lowest BCUT2D eigenvalue weighted by molar-refractivity contribution is 0.306. The minimum Gasteiger partial charge on any atom is -0.395 e. The van der Waals surface area contributed by atoms with Crippen molar-refractivity contribution >= 4 is 18.1 Å². The molecule has 0 fully saturated rings. The lowest BCUT2D eigenvalue weighted by atomic mass is 10.8. The van der Waals surface area contributed by atoms with Crippen LogP contribution in [0.15, 0.2) is 0 Å². The van der Waals surface area contributed by atoms with Crippen molar-refractivity contribution in [1.29, 1.82) is 0 Å². The van der Waals surface area contributed by atoms with Gasteiger partial charge in [-0.2, -0.15) is 0 Å². The van der Waals surface area contributed by atoms with Crippen molar-refractivity contribution in [3.63, 3.8) is 0 Å². The van der Waals surface area contributed by atoms with E-state index in [4.69, 9.17) is 20.6 Å². The van der Waals surface area contributed by atoms with E-state index in [1.807, 2.05) is 0 Å². The zero-order valence-electron chi connectivity index (χ0n) is 4.74. The predicted molar refractivity (Wildman–Crippen MR) is 38.3 cm³/mol. The zero-order chi connectivity index (χ0) is 7.54. The van der Waals surface area contributed by atoms with Crippen molar-refractivity contribution in [3.8, 4) is 0 Å². The Bertz CT molecular complexity index is 35.7. The van der Waals surface area contributed by atoms with Crippen molar-refractivity contribution < 1.29 is 19.2 Å². The van der Waals surface area contributed by atoms with Gasteiger partial charge in [0.1, 0.15) is 0 Å². The molecule has 2 atom stereocenters. The monoisotopic (exact) mass is 175 g/mol. The molecular weight excluding hydrogens is 164 g/mol.